The number of piperidine rings is 1. The van der Waals surface area contributed by atoms with Crippen LogP contribution in [0.5, 0.6) is 0 Å². The van der Waals surface area contributed by atoms with Crippen LogP contribution in [0.15, 0.2) is 5.11 Å². The first-order valence-corrected chi connectivity index (χ1v) is 3.79. The second-order valence-electron chi connectivity index (χ2n) is 2.88. The number of carbonyl (C=O) groups is 1. The van der Waals surface area contributed by atoms with Crippen molar-refractivity contribution in [2.24, 2.45) is 5.11 Å². The van der Waals surface area contributed by atoms with Crippen LogP contribution in [0.1, 0.15) is 6.42 Å². The van der Waals surface area contributed by atoms with Crippen molar-refractivity contribution in [3.05, 3.63) is 10.4 Å². The van der Waals surface area contributed by atoms with E-state index in [0.29, 0.717) is 0 Å². The normalized spacial score (nSPS) is 27.9. The lowest BCUT2D eigenvalue weighted by molar-refractivity contribution is 0.0992. The standard InChI is InChI=1S/C6H9FN4O2/c7-4-1-5(9-10-8)3-11(2-4)6(12)13/h4-5H,1-3H2,(H,12,13)/t4?,5-/m0/s1. The largest absolute Gasteiger partial charge is 0.465 e. The number of hydrogen-bond donors (Lipinski definition) is 1. The van der Waals surface area contributed by atoms with Gasteiger partial charge < -0.3 is 10.0 Å². The van der Waals surface area contributed by atoms with Gasteiger partial charge in [-0.1, -0.05) is 5.11 Å². The fraction of sp³-hybridized carbons (Fsp3) is 0.833. The molecule has 0 aliphatic carbocycles. The monoisotopic (exact) mass is 188 g/mol. The molecule has 0 aromatic rings. The van der Waals surface area contributed by atoms with E-state index >= 15 is 0 Å². The van der Waals surface area contributed by atoms with Crippen LogP contribution in [0.25, 0.3) is 10.4 Å². The van der Waals surface area contributed by atoms with Crippen molar-refractivity contribution in [3.8, 4) is 0 Å². The van der Waals surface area contributed by atoms with Crippen molar-refractivity contribution in [1.82, 2.24) is 4.90 Å². The SMILES string of the molecule is [N-]=[N+]=N[C@H]1CC(F)CN(C(=O)O)C1. The average molecular weight is 188 g/mol. The molecule has 13 heavy (non-hydrogen) atoms. The summed E-state index contributed by atoms with van der Waals surface area (Å²) in [6, 6.07) is -0.579. The number of alkyl halides is 1. The smallest absolute Gasteiger partial charge is 0.407 e. The number of hydrogen-bond acceptors (Lipinski definition) is 2. The fourth-order valence-electron chi connectivity index (χ4n) is 1.33. The highest BCUT2D eigenvalue weighted by atomic mass is 19.1. The Kier molecular flexibility index (Phi) is 2.92. The Morgan fingerprint density at radius 1 is 1.69 bits per heavy atom. The van der Waals surface area contributed by atoms with E-state index in [2.05, 4.69) is 10.0 Å². The Labute approximate surface area is 73.6 Å². The number of likely N-dealkylation sites (tertiary alicyclic amines) is 1. The van der Waals surface area contributed by atoms with Crippen LogP contribution in [0.2, 0.25) is 0 Å². The maximum absolute atomic E-state index is 12.9. The molecule has 72 valence electrons. The van der Waals surface area contributed by atoms with E-state index in [1.165, 1.54) is 0 Å². The summed E-state index contributed by atoms with van der Waals surface area (Å²) in [5.41, 5.74) is 8.10. The van der Waals surface area contributed by atoms with E-state index in [9.17, 15) is 9.18 Å². The number of carboxylic acid groups (broad SMARTS) is 1. The van der Waals surface area contributed by atoms with Gasteiger partial charge in [0.1, 0.15) is 6.17 Å². The van der Waals surface area contributed by atoms with Gasteiger partial charge in [-0.3, -0.25) is 0 Å². The second-order valence-corrected chi connectivity index (χ2v) is 2.88. The van der Waals surface area contributed by atoms with Crippen molar-refractivity contribution in [2.45, 2.75) is 18.6 Å². The van der Waals surface area contributed by atoms with Gasteiger partial charge in [0.2, 0.25) is 0 Å². The van der Waals surface area contributed by atoms with Gasteiger partial charge in [0.25, 0.3) is 0 Å². The summed E-state index contributed by atoms with van der Waals surface area (Å²) < 4.78 is 12.9. The molecule has 0 aromatic carbocycles. The summed E-state index contributed by atoms with van der Waals surface area (Å²) in [6.45, 7) is -0.0490. The second kappa shape index (κ2) is 3.95. The molecular weight excluding hydrogens is 179 g/mol. The molecule has 1 rings (SSSR count). The average Bonchev–Trinajstić information content (AvgIpc) is 2.03. The maximum Gasteiger partial charge on any atom is 0.407 e. The number of amides is 1. The lowest BCUT2D eigenvalue weighted by atomic mass is 10.1. The molecule has 1 aliphatic heterocycles. The van der Waals surface area contributed by atoms with Crippen molar-refractivity contribution in [3.63, 3.8) is 0 Å². The summed E-state index contributed by atoms with van der Waals surface area (Å²) >= 11 is 0. The number of azide groups is 1. The topological polar surface area (TPSA) is 89.3 Å². The van der Waals surface area contributed by atoms with Crippen LogP contribution < -0.4 is 0 Å². The molecule has 0 saturated carbocycles. The highest BCUT2D eigenvalue weighted by Crippen LogP contribution is 2.16. The van der Waals surface area contributed by atoms with Crippen LogP contribution in [-0.2, 0) is 0 Å². The maximum atomic E-state index is 12.9. The van der Waals surface area contributed by atoms with E-state index in [1.807, 2.05) is 0 Å². The van der Waals surface area contributed by atoms with Gasteiger partial charge in [0, 0.05) is 11.5 Å². The van der Waals surface area contributed by atoms with Crippen molar-refractivity contribution >= 4 is 6.09 Å². The highest BCUT2D eigenvalue weighted by Gasteiger charge is 2.28. The van der Waals surface area contributed by atoms with Crippen LogP contribution in [0, 0.1) is 0 Å². The third-order valence-electron chi connectivity index (χ3n) is 1.86. The van der Waals surface area contributed by atoms with Crippen LogP contribution in [0.4, 0.5) is 9.18 Å². The lowest BCUT2D eigenvalue weighted by Gasteiger charge is -2.30. The molecule has 1 N–H and O–H groups in total. The third-order valence-corrected chi connectivity index (χ3v) is 1.86. The number of halogens is 1. The minimum atomic E-state index is -1.24. The molecule has 0 radical (unpaired) electrons. The van der Waals surface area contributed by atoms with Crippen molar-refractivity contribution in [2.75, 3.05) is 13.1 Å². The van der Waals surface area contributed by atoms with Crippen molar-refractivity contribution in [1.29, 1.82) is 0 Å². The molecular formula is C6H9FN4O2. The molecule has 7 heteroatoms. The molecule has 1 heterocycles. The molecule has 1 unspecified atom stereocenters. The van der Waals surface area contributed by atoms with E-state index in [-0.39, 0.29) is 19.5 Å². The molecule has 0 aromatic heterocycles. The molecule has 0 spiro atoms. The quantitative estimate of drug-likeness (QED) is 0.382. The van der Waals surface area contributed by atoms with Crippen LogP contribution in [0.3, 0.4) is 0 Å². The zero-order valence-electron chi connectivity index (χ0n) is 6.80. The van der Waals surface area contributed by atoms with Gasteiger partial charge in [-0.05, 0) is 12.0 Å². The summed E-state index contributed by atoms with van der Waals surface area (Å²) in [7, 11) is 0. The van der Waals surface area contributed by atoms with Gasteiger partial charge in [-0.25, -0.2) is 9.18 Å². The number of rotatable bonds is 1. The first-order chi connectivity index (χ1) is 6.13. The molecule has 1 fully saturated rings. The first-order valence-electron chi connectivity index (χ1n) is 3.79. The highest BCUT2D eigenvalue weighted by molar-refractivity contribution is 5.65. The molecule has 2 atom stereocenters. The predicted octanol–water partition coefficient (Wildman–Crippen LogP) is 1.39. The summed E-state index contributed by atoms with van der Waals surface area (Å²) in [4.78, 5) is 13.9. The Balaban J connectivity index is 2.62. The zero-order valence-corrected chi connectivity index (χ0v) is 6.80. The van der Waals surface area contributed by atoms with Crippen LogP contribution in [-0.4, -0.2) is 41.4 Å². The Hall–Kier alpha value is -1.49. The molecule has 1 amide bonds. The third kappa shape index (κ3) is 2.48. The van der Waals surface area contributed by atoms with E-state index in [0.717, 1.165) is 4.90 Å². The minimum absolute atomic E-state index is 0.0831. The summed E-state index contributed by atoms with van der Waals surface area (Å²) in [5, 5.41) is 11.9. The Bertz CT molecular complexity index is 243. The number of nitrogens with zero attached hydrogens (tertiary/aromatic N) is 4. The zero-order chi connectivity index (χ0) is 9.84. The molecule has 0 bridgehead atoms. The predicted molar refractivity (Wildman–Crippen MR) is 42.0 cm³/mol. The van der Waals surface area contributed by atoms with Gasteiger partial charge in [-0.2, -0.15) is 0 Å². The summed E-state index contributed by atoms with van der Waals surface area (Å²) in [6.07, 6.45) is -2.31. The van der Waals surface area contributed by atoms with Gasteiger partial charge >= 0.3 is 6.09 Å². The fourth-order valence-corrected chi connectivity index (χ4v) is 1.33. The van der Waals surface area contributed by atoms with Crippen molar-refractivity contribution < 1.29 is 14.3 Å². The van der Waals surface area contributed by atoms with E-state index in [1.54, 1.807) is 0 Å². The Morgan fingerprint density at radius 3 is 2.92 bits per heavy atom. The van der Waals surface area contributed by atoms with E-state index < -0.39 is 18.3 Å². The summed E-state index contributed by atoms with van der Waals surface area (Å²) in [5.74, 6) is 0. The lowest BCUT2D eigenvalue weighted by Crippen LogP contribution is -2.45. The van der Waals surface area contributed by atoms with Gasteiger partial charge in [-0.15, -0.1) is 0 Å². The first kappa shape index (κ1) is 9.60. The molecule has 1 aliphatic rings. The molecule has 6 nitrogen and oxygen atoms in total. The minimum Gasteiger partial charge on any atom is -0.465 e. The Morgan fingerprint density at radius 2 is 2.38 bits per heavy atom. The van der Waals surface area contributed by atoms with E-state index in [4.69, 9.17) is 10.6 Å². The van der Waals surface area contributed by atoms with Crippen LogP contribution >= 0.6 is 0 Å². The van der Waals surface area contributed by atoms with Gasteiger partial charge in [0.15, 0.2) is 0 Å². The van der Waals surface area contributed by atoms with Gasteiger partial charge in [0.05, 0.1) is 12.6 Å². The molecule has 1 saturated heterocycles.